The number of benzene rings is 2. The van der Waals surface area contributed by atoms with Gasteiger partial charge in [0.25, 0.3) is 0 Å². The summed E-state index contributed by atoms with van der Waals surface area (Å²) in [7, 11) is -3.73. The number of hydroxylamine groups is 2. The lowest BCUT2D eigenvalue weighted by molar-refractivity contribution is -0.0307. The van der Waals surface area contributed by atoms with Crippen LogP contribution in [0.3, 0.4) is 0 Å². The highest BCUT2D eigenvalue weighted by Crippen LogP contribution is 2.24. The lowest BCUT2D eigenvalue weighted by Gasteiger charge is -2.15. The van der Waals surface area contributed by atoms with E-state index in [0.717, 1.165) is 18.4 Å². The summed E-state index contributed by atoms with van der Waals surface area (Å²) in [5, 5.41) is 1.57. The Morgan fingerprint density at radius 1 is 1.09 bits per heavy atom. The molecule has 1 atom stereocenters. The van der Waals surface area contributed by atoms with Crippen LogP contribution in [0.2, 0.25) is 0 Å². The number of hydrogen-bond donors (Lipinski definition) is 0. The highest BCUT2D eigenvalue weighted by Gasteiger charge is 2.28. The van der Waals surface area contributed by atoms with Crippen molar-refractivity contribution in [3.8, 4) is 0 Å². The Hall–Kier alpha value is -1.69. The fraction of sp³-hybridized carbons (Fsp3) is 0.333. The largest absolute Gasteiger partial charge is 0.313 e. The van der Waals surface area contributed by atoms with E-state index in [2.05, 4.69) is 12.1 Å². The number of aryl methyl sites for hydroxylation is 1. The van der Waals surface area contributed by atoms with Gasteiger partial charge in [-0.3, -0.25) is 0 Å². The quantitative estimate of drug-likeness (QED) is 0.844. The molecule has 1 fully saturated rings. The molecule has 0 saturated carbocycles. The number of nitrogens with zero attached hydrogens (tertiary/aromatic N) is 1. The van der Waals surface area contributed by atoms with Crippen LogP contribution in [0.25, 0.3) is 0 Å². The molecule has 0 aliphatic carbocycles. The van der Waals surface area contributed by atoms with Gasteiger partial charge in [0.05, 0.1) is 4.90 Å². The first kappa shape index (κ1) is 16.2. The van der Waals surface area contributed by atoms with Crippen molar-refractivity contribution in [3.63, 3.8) is 0 Å². The molecule has 2 aromatic rings. The molecule has 0 amide bonds. The molecule has 1 aliphatic heterocycles. The SMILES string of the molecule is Cc1ccc(S(=O)(=O)ON2CC[C@H](Cc3ccccc3)C2)cc1. The zero-order chi connectivity index (χ0) is 16.3. The summed E-state index contributed by atoms with van der Waals surface area (Å²) in [5.74, 6) is 0.422. The Labute approximate surface area is 137 Å². The van der Waals surface area contributed by atoms with Crippen molar-refractivity contribution >= 4 is 10.1 Å². The zero-order valence-electron chi connectivity index (χ0n) is 13.2. The smallest absolute Gasteiger partial charge is 0.192 e. The van der Waals surface area contributed by atoms with Crippen LogP contribution >= 0.6 is 0 Å². The molecule has 0 bridgehead atoms. The molecular formula is C18H21NO3S. The summed E-state index contributed by atoms with van der Waals surface area (Å²) in [6.45, 7) is 3.20. The second kappa shape index (κ2) is 6.83. The van der Waals surface area contributed by atoms with Crippen LogP contribution in [0.15, 0.2) is 59.5 Å². The van der Waals surface area contributed by atoms with Crippen LogP contribution in [-0.2, 0) is 20.8 Å². The van der Waals surface area contributed by atoms with Gasteiger partial charge in [0.15, 0.2) is 0 Å². The van der Waals surface area contributed by atoms with Crippen molar-refractivity contribution in [2.75, 3.05) is 13.1 Å². The predicted octanol–water partition coefficient (Wildman–Crippen LogP) is 3.18. The third kappa shape index (κ3) is 4.19. The fourth-order valence-corrected chi connectivity index (χ4v) is 3.83. The van der Waals surface area contributed by atoms with E-state index < -0.39 is 10.1 Å². The zero-order valence-corrected chi connectivity index (χ0v) is 14.0. The van der Waals surface area contributed by atoms with E-state index in [1.807, 2.05) is 25.1 Å². The molecule has 0 aromatic heterocycles. The first-order valence-electron chi connectivity index (χ1n) is 7.83. The van der Waals surface area contributed by atoms with Gasteiger partial charge >= 0.3 is 10.1 Å². The van der Waals surface area contributed by atoms with Crippen molar-refractivity contribution in [2.45, 2.75) is 24.7 Å². The van der Waals surface area contributed by atoms with Gasteiger partial charge in [0.2, 0.25) is 0 Å². The van der Waals surface area contributed by atoms with Crippen LogP contribution in [0, 0.1) is 12.8 Å². The predicted molar refractivity (Wildman–Crippen MR) is 89.3 cm³/mol. The lowest BCUT2D eigenvalue weighted by atomic mass is 9.99. The molecule has 0 unspecified atom stereocenters. The summed E-state index contributed by atoms with van der Waals surface area (Å²) in [4.78, 5) is 0.203. The first-order chi connectivity index (χ1) is 11.0. The van der Waals surface area contributed by atoms with E-state index in [1.54, 1.807) is 29.3 Å². The lowest BCUT2D eigenvalue weighted by Crippen LogP contribution is -2.25. The van der Waals surface area contributed by atoms with Gasteiger partial charge < -0.3 is 0 Å². The Morgan fingerprint density at radius 3 is 2.48 bits per heavy atom. The van der Waals surface area contributed by atoms with Crippen molar-refractivity contribution in [3.05, 3.63) is 65.7 Å². The topological polar surface area (TPSA) is 46.6 Å². The van der Waals surface area contributed by atoms with E-state index in [4.69, 9.17) is 4.28 Å². The summed E-state index contributed by atoms with van der Waals surface area (Å²) in [6, 6.07) is 17.0. The molecule has 1 saturated heterocycles. The molecule has 1 heterocycles. The van der Waals surface area contributed by atoms with Crippen molar-refractivity contribution in [1.29, 1.82) is 0 Å². The van der Waals surface area contributed by atoms with Crippen LogP contribution in [-0.4, -0.2) is 26.6 Å². The first-order valence-corrected chi connectivity index (χ1v) is 9.24. The summed E-state index contributed by atoms with van der Waals surface area (Å²) in [6.07, 6.45) is 1.89. The molecule has 1 aliphatic rings. The average Bonchev–Trinajstić information content (AvgIpc) is 2.95. The van der Waals surface area contributed by atoms with Crippen molar-refractivity contribution in [1.82, 2.24) is 5.06 Å². The molecule has 0 spiro atoms. The van der Waals surface area contributed by atoms with Crippen molar-refractivity contribution in [2.24, 2.45) is 5.92 Å². The Morgan fingerprint density at radius 2 is 1.78 bits per heavy atom. The minimum Gasteiger partial charge on any atom is -0.192 e. The third-order valence-corrected chi connectivity index (χ3v) is 5.39. The van der Waals surface area contributed by atoms with E-state index in [0.29, 0.717) is 19.0 Å². The molecule has 0 radical (unpaired) electrons. The summed E-state index contributed by atoms with van der Waals surface area (Å²) < 4.78 is 29.9. The third-order valence-electron chi connectivity index (χ3n) is 4.13. The second-order valence-corrected chi connectivity index (χ2v) is 7.60. The Balaban J connectivity index is 1.60. The Kier molecular flexibility index (Phi) is 4.80. The minimum absolute atomic E-state index is 0.203. The van der Waals surface area contributed by atoms with Crippen LogP contribution in [0.4, 0.5) is 0 Å². The normalized spacial score (nSPS) is 19.1. The molecule has 23 heavy (non-hydrogen) atoms. The minimum atomic E-state index is -3.73. The molecule has 122 valence electrons. The van der Waals surface area contributed by atoms with Crippen LogP contribution in [0.1, 0.15) is 17.5 Å². The van der Waals surface area contributed by atoms with E-state index >= 15 is 0 Å². The average molecular weight is 331 g/mol. The molecule has 3 rings (SSSR count). The fourth-order valence-electron chi connectivity index (χ4n) is 2.87. The molecule has 4 nitrogen and oxygen atoms in total. The van der Waals surface area contributed by atoms with Crippen LogP contribution in [0.5, 0.6) is 0 Å². The van der Waals surface area contributed by atoms with Gasteiger partial charge in [-0.2, -0.15) is 17.8 Å². The van der Waals surface area contributed by atoms with Gasteiger partial charge in [-0.15, -0.1) is 0 Å². The van der Waals surface area contributed by atoms with Crippen molar-refractivity contribution < 1.29 is 12.7 Å². The molecule has 2 aromatic carbocycles. The Bertz CT molecular complexity index is 742. The standard InChI is InChI=1S/C18H21NO3S/c1-15-7-9-18(10-8-15)23(20,21)22-19-12-11-17(14-19)13-16-5-3-2-4-6-16/h2-10,17H,11-14H2,1H3/t17-/m1/s1. The summed E-state index contributed by atoms with van der Waals surface area (Å²) in [5.41, 5.74) is 2.30. The van der Waals surface area contributed by atoms with E-state index in [9.17, 15) is 8.42 Å². The van der Waals surface area contributed by atoms with Gasteiger partial charge in [-0.1, -0.05) is 48.0 Å². The van der Waals surface area contributed by atoms with Gasteiger partial charge in [-0.05, 0) is 43.4 Å². The van der Waals surface area contributed by atoms with E-state index in [1.165, 1.54) is 5.56 Å². The molecule has 5 heteroatoms. The van der Waals surface area contributed by atoms with E-state index in [-0.39, 0.29) is 4.90 Å². The maximum Gasteiger partial charge on any atom is 0.313 e. The van der Waals surface area contributed by atoms with Gasteiger partial charge in [0.1, 0.15) is 0 Å². The maximum absolute atomic E-state index is 12.3. The molecular weight excluding hydrogens is 310 g/mol. The summed E-state index contributed by atoms with van der Waals surface area (Å²) >= 11 is 0. The highest BCUT2D eigenvalue weighted by molar-refractivity contribution is 7.86. The monoisotopic (exact) mass is 331 g/mol. The van der Waals surface area contributed by atoms with Crippen LogP contribution < -0.4 is 0 Å². The number of hydrogen-bond acceptors (Lipinski definition) is 4. The second-order valence-electron chi connectivity index (χ2n) is 6.07. The highest BCUT2D eigenvalue weighted by atomic mass is 32.2. The van der Waals surface area contributed by atoms with Gasteiger partial charge in [-0.25, -0.2) is 0 Å². The number of rotatable bonds is 5. The molecule has 0 N–H and O–H groups in total. The maximum atomic E-state index is 12.3. The van der Waals surface area contributed by atoms with Gasteiger partial charge in [0, 0.05) is 13.1 Å².